The first-order valence-corrected chi connectivity index (χ1v) is 6.73. The van der Waals surface area contributed by atoms with Gasteiger partial charge >= 0.3 is 0 Å². The summed E-state index contributed by atoms with van der Waals surface area (Å²) in [7, 11) is 0. The molecule has 1 unspecified atom stereocenters. The van der Waals surface area contributed by atoms with E-state index in [4.69, 9.17) is 4.74 Å². The largest absolute Gasteiger partial charge is 0.375 e. The van der Waals surface area contributed by atoms with Gasteiger partial charge in [0.25, 0.3) is 6.43 Å². The predicted molar refractivity (Wildman–Crippen MR) is 67.6 cm³/mol. The van der Waals surface area contributed by atoms with Crippen molar-refractivity contribution in [3.8, 4) is 0 Å². The maximum atomic E-state index is 11.9. The Morgan fingerprint density at radius 3 is 2.24 bits per heavy atom. The summed E-state index contributed by atoms with van der Waals surface area (Å²) >= 11 is 0. The quantitative estimate of drug-likeness (QED) is 0.568. The van der Waals surface area contributed by atoms with Crippen LogP contribution in [0.3, 0.4) is 0 Å². The van der Waals surface area contributed by atoms with Crippen LogP contribution in [0.1, 0.15) is 46.5 Å². The van der Waals surface area contributed by atoms with Gasteiger partial charge in [-0.15, -0.1) is 0 Å². The summed E-state index contributed by atoms with van der Waals surface area (Å²) in [4.78, 5) is 0. The molecule has 0 bridgehead atoms. The van der Waals surface area contributed by atoms with E-state index in [2.05, 4.69) is 26.1 Å². The second-order valence-corrected chi connectivity index (χ2v) is 4.43. The fourth-order valence-electron chi connectivity index (χ4n) is 2.01. The molecule has 0 saturated carbocycles. The minimum atomic E-state index is -2.35. The van der Waals surface area contributed by atoms with E-state index in [9.17, 15) is 8.78 Å². The molecule has 0 spiro atoms. The molecule has 0 heterocycles. The van der Waals surface area contributed by atoms with E-state index in [1.165, 1.54) is 12.8 Å². The number of hydrogen-bond donors (Lipinski definition) is 1. The summed E-state index contributed by atoms with van der Waals surface area (Å²) in [5, 5.41) is 3.40. The monoisotopic (exact) mass is 251 g/mol. The van der Waals surface area contributed by atoms with Gasteiger partial charge in [-0.2, -0.15) is 0 Å². The van der Waals surface area contributed by atoms with Crippen LogP contribution in [0, 0.1) is 5.92 Å². The highest BCUT2D eigenvalue weighted by Gasteiger charge is 2.13. The predicted octanol–water partition coefficient (Wildman–Crippen LogP) is 3.46. The van der Waals surface area contributed by atoms with Crippen molar-refractivity contribution < 1.29 is 13.5 Å². The summed E-state index contributed by atoms with van der Waals surface area (Å²) in [6.45, 7) is 7.36. The maximum absolute atomic E-state index is 11.9. The van der Waals surface area contributed by atoms with Gasteiger partial charge in [0.1, 0.15) is 6.61 Å². The second-order valence-electron chi connectivity index (χ2n) is 4.43. The lowest BCUT2D eigenvalue weighted by Crippen LogP contribution is -2.32. The number of nitrogens with one attached hydrogen (secondary N) is 1. The molecule has 2 nitrogen and oxygen atoms in total. The lowest BCUT2D eigenvalue weighted by atomic mass is 9.93. The van der Waals surface area contributed by atoms with Gasteiger partial charge in [-0.05, 0) is 25.3 Å². The number of hydrogen-bond acceptors (Lipinski definition) is 2. The Morgan fingerprint density at radius 1 is 1.12 bits per heavy atom. The summed E-state index contributed by atoms with van der Waals surface area (Å²) in [5.41, 5.74) is 0. The van der Waals surface area contributed by atoms with Gasteiger partial charge in [-0.25, -0.2) is 8.78 Å². The molecule has 0 aromatic carbocycles. The molecule has 1 atom stereocenters. The minimum Gasteiger partial charge on any atom is -0.375 e. The van der Waals surface area contributed by atoms with Gasteiger partial charge in [0, 0.05) is 12.6 Å². The summed E-state index contributed by atoms with van der Waals surface area (Å²) in [6.07, 6.45) is 1.93. The highest BCUT2D eigenvalue weighted by atomic mass is 19.3. The fraction of sp³-hybridized carbons (Fsp3) is 1.00. The van der Waals surface area contributed by atoms with E-state index in [-0.39, 0.29) is 0 Å². The number of alkyl halides is 2. The zero-order valence-electron chi connectivity index (χ0n) is 11.3. The van der Waals surface area contributed by atoms with E-state index < -0.39 is 13.0 Å². The Morgan fingerprint density at radius 2 is 1.76 bits per heavy atom. The Hall–Kier alpha value is -0.220. The highest BCUT2D eigenvalue weighted by molar-refractivity contribution is 4.70. The van der Waals surface area contributed by atoms with Crippen molar-refractivity contribution in [1.29, 1.82) is 0 Å². The van der Waals surface area contributed by atoms with E-state index in [0.717, 1.165) is 19.4 Å². The first kappa shape index (κ1) is 16.8. The third-order valence-corrected chi connectivity index (χ3v) is 3.12. The third kappa shape index (κ3) is 9.48. The molecule has 17 heavy (non-hydrogen) atoms. The van der Waals surface area contributed by atoms with Crippen LogP contribution in [0.15, 0.2) is 0 Å². The standard InChI is InChI=1S/C13H27F2NO/c1-4-11(5-2)9-12(16-6-3)7-8-17-10-13(14)15/h11-13,16H,4-10H2,1-3H3. The van der Waals surface area contributed by atoms with Crippen LogP contribution >= 0.6 is 0 Å². The molecule has 0 saturated heterocycles. The van der Waals surface area contributed by atoms with Gasteiger partial charge in [0.05, 0.1) is 0 Å². The lowest BCUT2D eigenvalue weighted by molar-refractivity contribution is 0.0138. The number of rotatable bonds is 11. The molecule has 0 aliphatic heterocycles. The average Bonchev–Trinajstić information content (AvgIpc) is 2.31. The van der Waals surface area contributed by atoms with Crippen LogP contribution in [0.5, 0.6) is 0 Å². The van der Waals surface area contributed by atoms with E-state index in [1.807, 2.05) is 0 Å². The normalized spacial score (nSPS) is 13.6. The Bertz CT molecular complexity index is 163. The van der Waals surface area contributed by atoms with Crippen LogP contribution in [0.25, 0.3) is 0 Å². The average molecular weight is 251 g/mol. The minimum absolute atomic E-state index is 0.391. The molecule has 0 aromatic rings. The van der Waals surface area contributed by atoms with E-state index >= 15 is 0 Å². The number of ether oxygens (including phenoxy) is 1. The highest BCUT2D eigenvalue weighted by Crippen LogP contribution is 2.16. The van der Waals surface area contributed by atoms with Crippen molar-refractivity contribution in [2.24, 2.45) is 5.92 Å². The molecule has 1 N–H and O–H groups in total. The second kappa shape index (κ2) is 10.9. The molecular formula is C13H27F2NO. The molecular weight excluding hydrogens is 224 g/mol. The fourth-order valence-corrected chi connectivity index (χ4v) is 2.01. The van der Waals surface area contributed by atoms with Crippen LogP contribution in [0.2, 0.25) is 0 Å². The van der Waals surface area contributed by atoms with Crippen LogP contribution in [0.4, 0.5) is 8.78 Å². The van der Waals surface area contributed by atoms with Crippen LogP contribution in [-0.2, 0) is 4.74 Å². The molecule has 0 aliphatic rings. The number of halogens is 2. The van der Waals surface area contributed by atoms with Crippen molar-refractivity contribution in [2.75, 3.05) is 19.8 Å². The van der Waals surface area contributed by atoms with Gasteiger partial charge < -0.3 is 10.1 Å². The Labute approximate surface area is 104 Å². The first-order valence-electron chi connectivity index (χ1n) is 6.73. The van der Waals surface area contributed by atoms with Crippen molar-refractivity contribution in [3.63, 3.8) is 0 Å². The Balaban J connectivity index is 3.80. The molecule has 0 aliphatic carbocycles. The van der Waals surface area contributed by atoms with E-state index in [0.29, 0.717) is 18.6 Å². The molecule has 0 rings (SSSR count). The Kier molecular flexibility index (Phi) is 10.8. The lowest BCUT2D eigenvalue weighted by Gasteiger charge is -2.22. The zero-order valence-corrected chi connectivity index (χ0v) is 11.3. The topological polar surface area (TPSA) is 21.3 Å². The van der Waals surface area contributed by atoms with Gasteiger partial charge in [0.15, 0.2) is 0 Å². The smallest absolute Gasteiger partial charge is 0.261 e. The summed E-state index contributed by atoms with van der Waals surface area (Å²) in [6, 6.07) is 0.391. The summed E-state index contributed by atoms with van der Waals surface area (Å²) in [5.74, 6) is 0.717. The third-order valence-electron chi connectivity index (χ3n) is 3.12. The van der Waals surface area contributed by atoms with Gasteiger partial charge in [0.2, 0.25) is 0 Å². The van der Waals surface area contributed by atoms with Crippen molar-refractivity contribution in [1.82, 2.24) is 5.32 Å². The molecule has 4 heteroatoms. The van der Waals surface area contributed by atoms with Crippen molar-refractivity contribution in [3.05, 3.63) is 0 Å². The molecule has 0 radical (unpaired) electrons. The van der Waals surface area contributed by atoms with Crippen LogP contribution in [-0.4, -0.2) is 32.2 Å². The van der Waals surface area contributed by atoms with Gasteiger partial charge in [-0.3, -0.25) is 0 Å². The van der Waals surface area contributed by atoms with E-state index in [1.54, 1.807) is 0 Å². The molecule has 0 aromatic heterocycles. The van der Waals surface area contributed by atoms with Crippen LogP contribution < -0.4 is 5.32 Å². The summed E-state index contributed by atoms with van der Waals surface area (Å²) < 4.78 is 28.7. The SMILES string of the molecule is CCNC(CCOCC(F)F)CC(CC)CC. The van der Waals surface area contributed by atoms with Crippen molar-refractivity contribution in [2.45, 2.75) is 58.9 Å². The maximum Gasteiger partial charge on any atom is 0.261 e. The molecule has 0 fully saturated rings. The zero-order chi connectivity index (χ0) is 13.1. The van der Waals surface area contributed by atoms with Gasteiger partial charge in [-0.1, -0.05) is 33.6 Å². The molecule has 0 amide bonds. The molecule has 104 valence electrons. The van der Waals surface area contributed by atoms with Crippen molar-refractivity contribution >= 4 is 0 Å². The first-order chi connectivity index (χ1) is 8.13.